The quantitative estimate of drug-likeness (QED) is 0.863. The lowest BCUT2D eigenvalue weighted by Gasteiger charge is -2.50. The van der Waals surface area contributed by atoms with E-state index < -0.39 is 5.60 Å². The fraction of sp³-hybridized carbons (Fsp3) is 0.667. The van der Waals surface area contributed by atoms with E-state index in [9.17, 15) is 5.11 Å². The molecule has 2 heteroatoms. The second-order valence-electron chi connectivity index (χ2n) is 6.79. The third kappa shape index (κ3) is 3.07. The largest absolute Gasteiger partial charge is 0.389 e. The first kappa shape index (κ1) is 15.5. The second kappa shape index (κ2) is 6.28. The van der Waals surface area contributed by atoms with Crippen LogP contribution in [0, 0.1) is 11.3 Å². The molecule has 1 aromatic carbocycles. The van der Waals surface area contributed by atoms with Crippen LogP contribution in [0.2, 0.25) is 0 Å². The summed E-state index contributed by atoms with van der Waals surface area (Å²) >= 11 is 0. The number of hydrogen-bond acceptors (Lipinski definition) is 2. The molecule has 0 saturated heterocycles. The molecule has 1 aromatic rings. The zero-order valence-corrected chi connectivity index (χ0v) is 12.9. The topological polar surface area (TPSA) is 46.2 Å². The van der Waals surface area contributed by atoms with Crippen LogP contribution in [0.4, 0.5) is 0 Å². The highest BCUT2D eigenvalue weighted by Gasteiger charge is 2.48. The average molecular weight is 275 g/mol. The third-order valence-corrected chi connectivity index (χ3v) is 5.45. The van der Waals surface area contributed by atoms with Gasteiger partial charge in [-0.15, -0.1) is 0 Å². The minimum Gasteiger partial charge on any atom is -0.389 e. The minimum atomic E-state index is -0.725. The van der Waals surface area contributed by atoms with Gasteiger partial charge in [-0.3, -0.25) is 0 Å². The van der Waals surface area contributed by atoms with Crippen LogP contribution in [-0.2, 0) is 6.42 Å². The van der Waals surface area contributed by atoms with Crippen molar-refractivity contribution in [2.24, 2.45) is 17.1 Å². The Morgan fingerprint density at radius 1 is 1.35 bits per heavy atom. The molecule has 0 spiro atoms. The summed E-state index contributed by atoms with van der Waals surface area (Å²) < 4.78 is 0. The molecule has 3 unspecified atom stereocenters. The van der Waals surface area contributed by atoms with Crippen molar-refractivity contribution in [3.63, 3.8) is 0 Å². The first-order valence-electron chi connectivity index (χ1n) is 7.99. The lowest BCUT2D eigenvalue weighted by Crippen LogP contribution is -2.54. The van der Waals surface area contributed by atoms with E-state index in [1.54, 1.807) is 0 Å². The predicted octanol–water partition coefficient (Wildman–Crippen LogP) is 3.53. The van der Waals surface area contributed by atoms with Crippen molar-refractivity contribution in [1.82, 2.24) is 0 Å². The molecule has 0 radical (unpaired) electrons. The maximum atomic E-state index is 11.2. The molecule has 3 N–H and O–H groups in total. The Bertz CT molecular complexity index is 415. The van der Waals surface area contributed by atoms with Gasteiger partial charge in [0.2, 0.25) is 0 Å². The molecule has 112 valence electrons. The van der Waals surface area contributed by atoms with Crippen molar-refractivity contribution in [2.75, 3.05) is 6.54 Å². The summed E-state index contributed by atoms with van der Waals surface area (Å²) in [5.41, 5.74) is 6.48. The maximum absolute atomic E-state index is 11.2. The first-order valence-corrected chi connectivity index (χ1v) is 7.99. The molecular formula is C18H29NO. The molecule has 0 amide bonds. The Kier molecular flexibility index (Phi) is 4.87. The van der Waals surface area contributed by atoms with Gasteiger partial charge in [-0.2, -0.15) is 0 Å². The van der Waals surface area contributed by atoms with Crippen LogP contribution in [0.5, 0.6) is 0 Å². The minimum absolute atomic E-state index is 0.123. The van der Waals surface area contributed by atoms with E-state index in [1.807, 2.05) is 25.1 Å². The van der Waals surface area contributed by atoms with E-state index in [0.29, 0.717) is 13.0 Å². The Morgan fingerprint density at radius 3 is 2.65 bits per heavy atom. The summed E-state index contributed by atoms with van der Waals surface area (Å²) in [5.74, 6) is 0.717. The van der Waals surface area contributed by atoms with Crippen LogP contribution < -0.4 is 5.73 Å². The lowest BCUT2D eigenvalue weighted by molar-refractivity contribution is -0.0954. The van der Waals surface area contributed by atoms with Gasteiger partial charge in [-0.1, -0.05) is 56.5 Å². The van der Waals surface area contributed by atoms with Gasteiger partial charge < -0.3 is 10.8 Å². The van der Waals surface area contributed by atoms with Crippen LogP contribution in [0.25, 0.3) is 0 Å². The van der Waals surface area contributed by atoms with Crippen LogP contribution in [0.3, 0.4) is 0 Å². The van der Waals surface area contributed by atoms with Crippen LogP contribution in [0.15, 0.2) is 30.3 Å². The van der Waals surface area contributed by atoms with E-state index in [2.05, 4.69) is 19.1 Å². The van der Waals surface area contributed by atoms with Crippen molar-refractivity contribution < 1.29 is 5.11 Å². The molecule has 0 bridgehead atoms. The van der Waals surface area contributed by atoms with Gasteiger partial charge in [0.25, 0.3) is 0 Å². The lowest BCUT2D eigenvalue weighted by atomic mass is 9.59. The van der Waals surface area contributed by atoms with Crippen molar-refractivity contribution in [3.8, 4) is 0 Å². The molecule has 1 saturated carbocycles. The van der Waals surface area contributed by atoms with Crippen molar-refractivity contribution >= 4 is 0 Å². The highest BCUT2D eigenvalue weighted by atomic mass is 16.3. The fourth-order valence-corrected chi connectivity index (χ4v) is 3.91. The van der Waals surface area contributed by atoms with E-state index in [4.69, 9.17) is 5.73 Å². The van der Waals surface area contributed by atoms with Crippen molar-refractivity contribution in [2.45, 2.75) is 58.0 Å². The fourth-order valence-electron chi connectivity index (χ4n) is 3.91. The van der Waals surface area contributed by atoms with Crippen molar-refractivity contribution in [3.05, 3.63) is 35.9 Å². The van der Waals surface area contributed by atoms with Gasteiger partial charge in [0.05, 0.1) is 5.60 Å². The van der Waals surface area contributed by atoms with E-state index in [1.165, 1.54) is 24.8 Å². The molecular weight excluding hydrogens is 246 g/mol. The number of benzene rings is 1. The Morgan fingerprint density at radius 2 is 2.05 bits per heavy atom. The SMILES string of the molecule is CCC1CCCC(CN)(C(C)(O)Cc2ccccc2)C1. The summed E-state index contributed by atoms with van der Waals surface area (Å²) in [6.45, 7) is 4.83. The van der Waals surface area contributed by atoms with Crippen LogP contribution in [0.1, 0.15) is 51.5 Å². The van der Waals surface area contributed by atoms with E-state index >= 15 is 0 Å². The molecule has 3 atom stereocenters. The number of aliphatic hydroxyl groups is 1. The van der Waals surface area contributed by atoms with Gasteiger partial charge in [0.15, 0.2) is 0 Å². The Balaban J connectivity index is 2.20. The molecule has 1 fully saturated rings. The van der Waals surface area contributed by atoms with Gasteiger partial charge in [-0.05, 0) is 31.2 Å². The molecule has 2 rings (SSSR count). The van der Waals surface area contributed by atoms with E-state index in [-0.39, 0.29) is 5.41 Å². The molecule has 0 aromatic heterocycles. The first-order chi connectivity index (χ1) is 9.53. The number of hydrogen-bond donors (Lipinski definition) is 2. The number of nitrogens with two attached hydrogens (primary N) is 1. The van der Waals surface area contributed by atoms with Gasteiger partial charge in [0, 0.05) is 18.4 Å². The Hall–Kier alpha value is -0.860. The van der Waals surface area contributed by atoms with E-state index in [0.717, 1.165) is 18.8 Å². The molecule has 1 aliphatic rings. The monoisotopic (exact) mass is 275 g/mol. The normalized spacial score (nSPS) is 29.9. The standard InChI is InChI=1S/C18H29NO/c1-3-15-10-7-11-18(13-15,14-19)17(2,20)12-16-8-5-4-6-9-16/h4-6,8-9,15,20H,3,7,10-14,19H2,1-2H3. The Labute approximate surface area is 123 Å². The predicted molar refractivity (Wildman–Crippen MR) is 84.5 cm³/mol. The van der Waals surface area contributed by atoms with Crippen LogP contribution in [-0.4, -0.2) is 17.3 Å². The van der Waals surface area contributed by atoms with Gasteiger partial charge in [0.1, 0.15) is 0 Å². The molecule has 20 heavy (non-hydrogen) atoms. The molecule has 0 heterocycles. The number of rotatable bonds is 5. The van der Waals surface area contributed by atoms with Gasteiger partial charge >= 0.3 is 0 Å². The highest BCUT2D eigenvalue weighted by molar-refractivity contribution is 5.18. The van der Waals surface area contributed by atoms with Crippen LogP contribution >= 0.6 is 0 Å². The zero-order chi connectivity index (χ0) is 14.6. The summed E-state index contributed by atoms with van der Waals surface area (Å²) in [6, 6.07) is 10.3. The second-order valence-corrected chi connectivity index (χ2v) is 6.79. The summed E-state index contributed by atoms with van der Waals surface area (Å²) in [4.78, 5) is 0. The molecule has 2 nitrogen and oxygen atoms in total. The highest BCUT2D eigenvalue weighted by Crippen LogP contribution is 2.48. The maximum Gasteiger partial charge on any atom is 0.0728 e. The third-order valence-electron chi connectivity index (χ3n) is 5.45. The average Bonchev–Trinajstić information content (AvgIpc) is 2.47. The molecule has 0 aliphatic heterocycles. The zero-order valence-electron chi connectivity index (χ0n) is 12.9. The van der Waals surface area contributed by atoms with Gasteiger partial charge in [-0.25, -0.2) is 0 Å². The molecule has 1 aliphatic carbocycles. The summed E-state index contributed by atoms with van der Waals surface area (Å²) in [7, 11) is 0. The summed E-state index contributed by atoms with van der Waals surface area (Å²) in [5, 5.41) is 11.2. The summed E-state index contributed by atoms with van der Waals surface area (Å²) in [6.07, 6.45) is 6.50. The van der Waals surface area contributed by atoms with Crippen molar-refractivity contribution in [1.29, 1.82) is 0 Å². The smallest absolute Gasteiger partial charge is 0.0728 e.